The molecule has 0 bridgehead atoms. The number of rotatable bonds is 6. The summed E-state index contributed by atoms with van der Waals surface area (Å²) in [5.41, 5.74) is -0.422. The fourth-order valence-corrected chi connectivity index (χ4v) is 1.98. The fraction of sp³-hybridized carbons (Fsp3) is 0.583. The number of aromatic nitrogens is 2. The molecule has 0 radical (unpaired) electrons. The first-order valence-electron chi connectivity index (χ1n) is 6.36. The lowest BCUT2D eigenvalue weighted by atomic mass is 10.0. The van der Waals surface area contributed by atoms with Crippen LogP contribution in [0.4, 0.5) is 5.69 Å². The molecule has 0 aromatic carbocycles. The Bertz CT molecular complexity index is 548. The van der Waals surface area contributed by atoms with E-state index in [1.165, 1.54) is 14.0 Å². The molecule has 1 aromatic heterocycles. The average molecular weight is 299 g/mol. The average Bonchev–Trinajstić information content (AvgIpc) is 2.65. The molecule has 0 amide bonds. The van der Waals surface area contributed by atoms with Crippen molar-refractivity contribution in [1.82, 2.24) is 9.78 Å². The first kappa shape index (κ1) is 16.6. The van der Waals surface area contributed by atoms with Crippen LogP contribution >= 0.6 is 0 Å². The Morgan fingerprint density at radius 2 is 1.76 bits per heavy atom. The molecule has 0 aliphatic rings. The summed E-state index contributed by atoms with van der Waals surface area (Å²) in [4.78, 5) is 34.5. The molecule has 1 rings (SSSR count). The van der Waals surface area contributed by atoms with E-state index in [0.29, 0.717) is 0 Å². The summed E-state index contributed by atoms with van der Waals surface area (Å²) in [5.74, 6) is -3.33. The number of nitro groups is 1. The van der Waals surface area contributed by atoms with Gasteiger partial charge in [0, 0.05) is 7.05 Å². The summed E-state index contributed by atoms with van der Waals surface area (Å²) < 4.78 is 10.8. The number of hydrogen-bond acceptors (Lipinski definition) is 7. The Morgan fingerprint density at radius 3 is 2.14 bits per heavy atom. The number of aryl methyl sites for hydroxylation is 2. The molecule has 116 valence electrons. The van der Waals surface area contributed by atoms with Crippen LogP contribution in [0.1, 0.15) is 31.2 Å². The normalized spacial score (nSPS) is 10.5. The van der Waals surface area contributed by atoms with Crippen LogP contribution in [0.25, 0.3) is 0 Å². The third-order valence-corrected chi connectivity index (χ3v) is 2.73. The van der Waals surface area contributed by atoms with Gasteiger partial charge in [-0.2, -0.15) is 5.10 Å². The van der Waals surface area contributed by atoms with Gasteiger partial charge in [0.1, 0.15) is 11.4 Å². The lowest BCUT2D eigenvalue weighted by Crippen LogP contribution is -2.28. The van der Waals surface area contributed by atoms with Crippen LogP contribution < -0.4 is 0 Å². The van der Waals surface area contributed by atoms with Gasteiger partial charge in [0.15, 0.2) is 0 Å². The topological polar surface area (TPSA) is 114 Å². The number of carbonyl (C=O) groups is 2. The summed E-state index contributed by atoms with van der Waals surface area (Å²) in [6.07, 6.45) is 0. The van der Waals surface area contributed by atoms with Gasteiger partial charge in [-0.05, 0) is 20.8 Å². The SMILES string of the molecule is CCOC(=O)C(C(=O)OCC)c1c([N+](=O)[O-])c(C)nn1C. The summed E-state index contributed by atoms with van der Waals surface area (Å²) in [7, 11) is 1.42. The maximum atomic E-state index is 12.0. The minimum absolute atomic E-state index is 0.0410. The maximum Gasteiger partial charge on any atom is 0.326 e. The van der Waals surface area contributed by atoms with Gasteiger partial charge in [-0.3, -0.25) is 24.4 Å². The van der Waals surface area contributed by atoms with E-state index in [9.17, 15) is 19.7 Å². The second-order valence-electron chi connectivity index (χ2n) is 4.14. The van der Waals surface area contributed by atoms with Crippen LogP contribution in [-0.4, -0.2) is 39.9 Å². The molecule has 0 N–H and O–H groups in total. The summed E-state index contributed by atoms with van der Waals surface area (Å²) in [5, 5.41) is 15.1. The van der Waals surface area contributed by atoms with Crippen molar-refractivity contribution in [2.75, 3.05) is 13.2 Å². The molecule has 0 saturated heterocycles. The third kappa shape index (κ3) is 3.36. The van der Waals surface area contributed by atoms with Crippen LogP contribution in [0.5, 0.6) is 0 Å². The van der Waals surface area contributed by atoms with Crippen molar-refractivity contribution < 1.29 is 24.0 Å². The van der Waals surface area contributed by atoms with Gasteiger partial charge in [0.05, 0.1) is 18.1 Å². The van der Waals surface area contributed by atoms with Gasteiger partial charge in [-0.1, -0.05) is 0 Å². The van der Waals surface area contributed by atoms with Crippen molar-refractivity contribution in [2.45, 2.75) is 26.7 Å². The Morgan fingerprint density at radius 1 is 1.29 bits per heavy atom. The predicted octanol–water partition coefficient (Wildman–Crippen LogP) is 0.847. The third-order valence-electron chi connectivity index (χ3n) is 2.73. The smallest absolute Gasteiger partial charge is 0.326 e. The van der Waals surface area contributed by atoms with Crippen molar-refractivity contribution >= 4 is 17.6 Å². The molecule has 0 aliphatic heterocycles. The largest absolute Gasteiger partial charge is 0.465 e. The molecule has 1 aromatic rings. The van der Waals surface area contributed by atoms with Gasteiger partial charge in [-0.15, -0.1) is 0 Å². The zero-order chi connectivity index (χ0) is 16.2. The Labute approximate surface area is 121 Å². The molecule has 9 heteroatoms. The minimum Gasteiger partial charge on any atom is -0.465 e. The first-order valence-corrected chi connectivity index (χ1v) is 6.36. The molecular weight excluding hydrogens is 282 g/mol. The summed E-state index contributed by atoms with van der Waals surface area (Å²) >= 11 is 0. The van der Waals surface area contributed by atoms with Crippen molar-refractivity contribution in [1.29, 1.82) is 0 Å². The van der Waals surface area contributed by atoms with E-state index >= 15 is 0 Å². The van der Waals surface area contributed by atoms with Crippen LogP contribution in [-0.2, 0) is 26.1 Å². The van der Waals surface area contributed by atoms with Gasteiger partial charge < -0.3 is 9.47 Å². The van der Waals surface area contributed by atoms with E-state index in [4.69, 9.17) is 9.47 Å². The summed E-state index contributed by atoms with van der Waals surface area (Å²) in [6, 6.07) is 0. The zero-order valence-electron chi connectivity index (χ0n) is 12.3. The molecule has 0 atom stereocenters. The van der Waals surface area contributed by atoms with Crippen molar-refractivity contribution in [3.05, 3.63) is 21.5 Å². The van der Waals surface area contributed by atoms with Crippen LogP contribution in [0.2, 0.25) is 0 Å². The quantitative estimate of drug-likeness (QED) is 0.331. The molecule has 0 fully saturated rings. The van der Waals surface area contributed by atoms with E-state index in [1.807, 2.05) is 0 Å². The highest BCUT2D eigenvalue weighted by atomic mass is 16.6. The molecule has 9 nitrogen and oxygen atoms in total. The lowest BCUT2D eigenvalue weighted by Gasteiger charge is -2.14. The van der Waals surface area contributed by atoms with Gasteiger partial charge in [0.2, 0.25) is 5.92 Å². The van der Waals surface area contributed by atoms with Gasteiger partial charge in [-0.25, -0.2) is 0 Å². The van der Waals surface area contributed by atoms with Crippen LogP contribution in [0.15, 0.2) is 0 Å². The van der Waals surface area contributed by atoms with E-state index in [1.54, 1.807) is 13.8 Å². The lowest BCUT2D eigenvalue weighted by molar-refractivity contribution is -0.386. The molecule has 0 saturated carbocycles. The van der Waals surface area contributed by atoms with E-state index in [2.05, 4.69) is 5.10 Å². The molecule has 21 heavy (non-hydrogen) atoms. The fourth-order valence-electron chi connectivity index (χ4n) is 1.98. The Balaban J connectivity index is 3.42. The second-order valence-corrected chi connectivity index (χ2v) is 4.14. The molecule has 0 aliphatic carbocycles. The molecule has 0 spiro atoms. The van der Waals surface area contributed by atoms with Crippen molar-refractivity contribution in [3.63, 3.8) is 0 Å². The highest BCUT2D eigenvalue weighted by molar-refractivity contribution is 6.01. The van der Waals surface area contributed by atoms with Crippen LogP contribution in [0, 0.1) is 17.0 Å². The number of carbonyl (C=O) groups excluding carboxylic acids is 2. The molecular formula is C12H17N3O6. The highest BCUT2D eigenvalue weighted by Crippen LogP contribution is 2.31. The maximum absolute atomic E-state index is 12.0. The highest BCUT2D eigenvalue weighted by Gasteiger charge is 2.41. The monoisotopic (exact) mass is 299 g/mol. The van der Waals surface area contributed by atoms with Crippen molar-refractivity contribution in [3.8, 4) is 0 Å². The minimum atomic E-state index is -1.53. The standard InChI is InChI=1S/C12H17N3O6/c1-5-20-11(16)8(12(17)21-6-2)10-9(15(18)19)7(3)13-14(10)4/h8H,5-6H2,1-4H3. The Hall–Kier alpha value is -2.45. The van der Waals surface area contributed by atoms with E-state index in [0.717, 1.165) is 4.68 Å². The van der Waals surface area contributed by atoms with Gasteiger partial charge >= 0.3 is 17.6 Å². The second kappa shape index (κ2) is 6.82. The van der Waals surface area contributed by atoms with Crippen LogP contribution in [0.3, 0.4) is 0 Å². The molecule has 1 heterocycles. The Kier molecular flexibility index (Phi) is 5.39. The van der Waals surface area contributed by atoms with E-state index < -0.39 is 22.8 Å². The number of ether oxygens (including phenoxy) is 2. The number of esters is 2. The van der Waals surface area contributed by atoms with Crippen molar-refractivity contribution in [2.24, 2.45) is 7.05 Å². The molecule has 0 unspecified atom stereocenters. The number of nitrogens with zero attached hydrogens (tertiary/aromatic N) is 3. The van der Waals surface area contributed by atoms with E-state index in [-0.39, 0.29) is 30.3 Å². The number of hydrogen-bond donors (Lipinski definition) is 0. The predicted molar refractivity (Wildman–Crippen MR) is 70.6 cm³/mol. The first-order chi connectivity index (χ1) is 9.84. The summed E-state index contributed by atoms with van der Waals surface area (Å²) in [6.45, 7) is 4.65. The van der Waals surface area contributed by atoms with Gasteiger partial charge in [0.25, 0.3) is 0 Å². The zero-order valence-corrected chi connectivity index (χ0v) is 12.3.